The number of rotatable bonds is 5. The molecule has 0 bridgehead atoms. The lowest BCUT2D eigenvalue weighted by Gasteiger charge is -2.19. The largest absolute Gasteiger partial charge is 0.456 e. The standard InChI is InChI=1S/C29H28N2O2/c1-18-14-19(2)28(30)26(15-18)27-17-24(31-21(4)32)16-20(3)29(27)33-25-12-10-23(11-13-25)22-8-6-5-7-9-22/h5-17H,30H2,1-4H3,(H,31,32). The molecule has 1 amide bonds. The van der Waals surface area contributed by atoms with Gasteiger partial charge in [-0.3, -0.25) is 4.79 Å². The van der Waals surface area contributed by atoms with E-state index < -0.39 is 0 Å². The molecular formula is C29H28N2O2. The minimum atomic E-state index is -0.126. The molecule has 0 aliphatic rings. The molecule has 0 aromatic heterocycles. The van der Waals surface area contributed by atoms with Crippen molar-refractivity contribution in [2.45, 2.75) is 27.7 Å². The fourth-order valence-electron chi connectivity index (χ4n) is 4.05. The van der Waals surface area contributed by atoms with Crippen LogP contribution in [0.1, 0.15) is 23.6 Å². The highest BCUT2D eigenvalue weighted by Crippen LogP contribution is 2.42. The number of nitrogens with one attached hydrogen (secondary N) is 1. The second-order valence-electron chi connectivity index (χ2n) is 8.39. The maximum absolute atomic E-state index is 11.7. The van der Waals surface area contributed by atoms with Crippen molar-refractivity contribution in [3.8, 4) is 33.8 Å². The molecule has 0 radical (unpaired) electrons. The van der Waals surface area contributed by atoms with Crippen LogP contribution in [0.4, 0.5) is 11.4 Å². The summed E-state index contributed by atoms with van der Waals surface area (Å²) in [6, 6.07) is 26.2. The molecule has 4 nitrogen and oxygen atoms in total. The van der Waals surface area contributed by atoms with E-state index in [0.29, 0.717) is 17.1 Å². The number of nitrogens with two attached hydrogens (primary N) is 1. The first-order chi connectivity index (χ1) is 15.8. The first-order valence-corrected chi connectivity index (χ1v) is 10.9. The predicted octanol–water partition coefficient (Wildman–Crippen LogP) is 7.28. The van der Waals surface area contributed by atoms with Crippen LogP contribution in [0.15, 0.2) is 78.9 Å². The lowest BCUT2D eigenvalue weighted by Crippen LogP contribution is -2.07. The van der Waals surface area contributed by atoms with Gasteiger partial charge in [-0.25, -0.2) is 0 Å². The highest BCUT2D eigenvalue weighted by Gasteiger charge is 2.17. The number of amides is 1. The van der Waals surface area contributed by atoms with Crippen LogP contribution in [0, 0.1) is 20.8 Å². The van der Waals surface area contributed by atoms with Crippen molar-refractivity contribution in [1.29, 1.82) is 0 Å². The van der Waals surface area contributed by atoms with E-state index in [1.807, 2.05) is 63.2 Å². The van der Waals surface area contributed by atoms with Gasteiger partial charge in [-0.1, -0.05) is 54.1 Å². The second kappa shape index (κ2) is 9.21. The Hall–Kier alpha value is -4.05. The summed E-state index contributed by atoms with van der Waals surface area (Å²) in [6.07, 6.45) is 0. The van der Waals surface area contributed by atoms with E-state index in [1.165, 1.54) is 6.92 Å². The molecule has 0 fully saturated rings. The van der Waals surface area contributed by atoms with Gasteiger partial charge >= 0.3 is 0 Å². The van der Waals surface area contributed by atoms with E-state index >= 15 is 0 Å². The molecule has 0 saturated carbocycles. The summed E-state index contributed by atoms with van der Waals surface area (Å²) in [7, 11) is 0. The van der Waals surface area contributed by atoms with Crippen LogP contribution in [0.5, 0.6) is 11.5 Å². The number of carbonyl (C=O) groups is 1. The molecule has 3 N–H and O–H groups in total. The van der Waals surface area contributed by atoms with Crippen molar-refractivity contribution in [1.82, 2.24) is 0 Å². The normalized spacial score (nSPS) is 10.7. The number of anilines is 2. The van der Waals surface area contributed by atoms with Gasteiger partial charge < -0.3 is 15.8 Å². The molecule has 33 heavy (non-hydrogen) atoms. The van der Waals surface area contributed by atoms with Crippen molar-refractivity contribution < 1.29 is 9.53 Å². The second-order valence-corrected chi connectivity index (χ2v) is 8.39. The maximum Gasteiger partial charge on any atom is 0.221 e. The quantitative estimate of drug-likeness (QED) is 0.323. The van der Waals surface area contributed by atoms with Crippen LogP contribution in [-0.2, 0) is 4.79 Å². The average Bonchev–Trinajstić information content (AvgIpc) is 2.78. The Labute approximate surface area is 195 Å². The summed E-state index contributed by atoms with van der Waals surface area (Å²) in [6.45, 7) is 7.52. The summed E-state index contributed by atoms with van der Waals surface area (Å²) >= 11 is 0. The fourth-order valence-corrected chi connectivity index (χ4v) is 4.05. The molecule has 0 saturated heterocycles. The fraction of sp³-hybridized carbons (Fsp3) is 0.138. The van der Waals surface area contributed by atoms with Crippen LogP contribution in [0.25, 0.3) is 22.3 Å². The van der Waals surface area contributed by atoms with Crippen LogP contribution >= 0.6 is 0 Å². The van der Waals surface area contributed by atoms with Crippen molar-refractivity contribution >= 4 is 17.3 Å². The summed E-state index contributed by atoms with van der Waals surface area (Å²) in [5, 5.41) is 2.89. The molecule has 4 heteroatoms. The molecule has 4 rings (SSSR count). The summed E-state index contributed by atoms with van der Waals surface area (Å²) in [4.78, 5) is 11.7. The zero-order valence-electron chi connectivity index (χ0n) is 19.4. The predicted molar refractivity (Wildman–Crippen MR) is 137 cm³/mol. The summed E-state index contributed by atoms with van der Waals surface area (Å²) < 4.78 is 6.41. The molecule has 0 atom stereocenters. The van der Waals surface area contributed by atoms with E-state index in [4.69, 9.17) is 10.5 Å². The van der Waals surface area contributed by atoms with E-state index in [9.17, 15) is 4.79 Å². The van der Waals surface area contributed by atoms with E-state index in [1.54, 1.807) is 0 Å². The van der Waals surface area contributed by atoms with Crippen LogP contribution in [-0.4, -0.2) is 5.91 Å². The van der Waals surface area contributed by atoms with Gasteiger partial charge in [0.15, 0.2) is 0 Å². The third-order valence-corrected chi connectivity index (χ3v) is 5.60. The molecule has 4 aromatic carbocycles. The van der Waals surface area contributed by atoms with Crippen LogP contribution < -0.4 is 15.8 Å². The molecule has 0 aliphatic heterocycles. The van der Waals surface area contributed by atoms with Gasteiger partial charge in [0.05, 0.1) is 0 Å². The molecule has 4 aromatic rings. The minimum absolute atomic E-state index is 0.126. The molecule has 0 unspecified atom stereocenters. The minimum Gasteiger partial charge on any atom is -0.456 e. The number of hydrogen-bond acceptors (Lipinski definition) is 3. The van der Waals surface area contributed by atoms with Gasteiger partial charge in [0.25, 0.3) is 0 Å². The van der Waals surface area contributed by atoms with Gasteiger partial charge in [0.2, 0.25) is 5.91 Å². The molecular weight excluding hydrogens is 408 g/mol. The molecule has 0 aliphatic carbocycles. The summed E-state index contributed by atoms with van der Waals surface area (Å²) in [5.41, 5.74) is 14.9. The third kappa shape index (κ3) is 4.90. The SMILES string of the molecule is CC(=O)Nc1cc(C)c(Oc2ccc(-c3ccccc3)cc2)c(-c2cc(C)cc(C)c2N)c1. The number of benzene rings is 4. The van der Waals surface area contributed by atoms with Crippen molar-refractivity contribution in [2.75, 3.05) is 11.1 Å². The molecule has 0 spiro atoms. The zero-order valence-corrected chi connectivity index (χ0v) is 19.4. The first kappa shape index (κ1) is 22.2. The Balaban J connectivity index is 1.79. The number of hydrogen-bond donors (Lipinski definition) is 2. The highest BCUT2D eigenvalue weighted by atomic mass is 16.5. The van der Waals surface area contributed by atoms with Gasteiger partial charge in [-0.15, -0.1) is 0 Å². The number of aryl methyl sites for hydroxylation is 3. The Morgan fingerprint density at radius 2 is 1.45 bits per heavy atom. The lowest BCUT2D eigenvalue weighted by molar-refractivity contribution is -0.114. The van der Waals surface area contributed by atoms with Crippen molar-refractivity contribution in [3.05, 3.63) is 95.6 Å². The van der Waals surface area contributed by atoms with Crippen LogP contribution in [0.2, 0.25) is 0 Å². The Kier molecular flexibility index (Phi) is 6.18. The average molecular weight is 437 g/mol. The van der Waals surface area contributed by atoms with Gasteiger partial charge in [-0.2, -0.15) is 0 Å². The Morgan fingerprint density at radius 3 is 2.12 bits per heavy atom. The monoisotopic (exact) mass is 436 g/mol. The molecule has 0 heterocycles. The van der Waals surface area contributed by atoms with Gasteiger partial charge in [-0.05, 0) is 73.4 Å². The van der Waals surface area contributed by atoms with E-state index in [-0.39, 0.29) is 5.91 Å². The smallest absolute Gasteiger partial charge is 0.221 e. The lowest BCUT2D eigenvalue weighted by atomic mass is 9.95. The van der Waals surface area contributed by atoms with Crippen LogP contribution in [0.3, 0.4) is 0 Å². The number of carbonyl (C=O) groups excluding carboxylic acids is 1. The van der Waals surface area contributed by atoms with Gasteiger partial charge in [0, 0.05) is 29.4 Å². The van der Waals surface area contributed by atoms with E-state index in [2.05, 4.69) is 41.7 Å². The number of nitrogen functional groups attached to an aromatic ring is 1. The zero-order chi connectivity index (χ0) is 23.5. The number of ether oxygens (including phenoxy) is 1. The third-order valence-electron chi connectivity index (χ3n) is 5.60. The van der Waals surface area contributed by atoms with E-state index in [0.717, 1.165) is 44.7 Å². The van der Waals surface area contributed by atoms with Gasteiger partial charge in [0.1, 0.15) is 11.5 Å². The highest BCUT2D eigenvalue weighted by molar-refractivity contribution is 5.92. The topological polar surface area (TPSA) is 64.3 Å². The van der Waals surface area contributed by atoms with Crippen molar-refractivity contribution in [2.24, 2.45) is 0 Å². The first-order valence-electron chi connectivity index (χ1n) is 10.9. The summed E-state index contributed by atoms with van der Waals surface area (Å²) in [5.74, 6) is 1.32. The molecule has 166 valence electrons. The van der Waals surface area contributed by atoms with Crippen molar-refractivity contribution in [3.63, 3.8) is 0 Å². The maximum atomic E-state index is 11.7. The Bertz CT molecular complexity index is 1310. The Morgan fingerprint density at radius 1 is 0.788 bits per heavy atom.